The lowest BCUT2D eigenvalue weighted by atomic mass is 9.96. The fourth-order valence-electron chi connectivity index (χ4n) is 3.64. The third-order valence-electron chi connectivity index (χ3n) is 4.76. The molecule has 0 spiro atoms. The first kappa shape index (κ1) is 16.7. The molecule has 0 radical (unpaired) electrons. The van der Waals surface area contributed by atoms with Crippen molar-refractivity contribution in [1.29, 1.82) is 0 Å². The zero-order valence-corrected chi connectivity index (χ0v) is 13.7. The lowest BCUT2D eigenvalue weighted by Gasteiger charge is -2.38. The molecule has 3 atom stereocenters. The predicted molar refractivity (Wildman–Crippen MR) is 82.3 cm³/mol. The number of carbonyl (C=O) groups excluding carboxylic acids is 1. The fourth-order valence-corrected chi connectivity index (χ4v) is 3.64. The van der Waals surface area contributed by atoms with Crippen LogP contribution in [0.5, 0.6) is 0 Å². The Labute approximate surface area is 128 Å². The average molecular weight is 298 g/mol. The summed E-state index contributed by atoms with van der Waals surface area (Å²) in [7, 11) is 0. The highest BCUT2D eigenvalue weighted by atomic mass is 16.5. The van der Waals surface area contributed by atoms with E-state index >= 15 is 0 Å². The van der Waals surface area contributed by atoms with E-state index < -0.39 is 5.54 Å². The summed E-state index contributed by atoms with van der Waals surface area (Å²) < 4.78 is 10.9. The summed E-state index contributed by atoms with van der Waals surface area (Å²) in [6, 6.07) is 0.894. The Balaban J connectivity index is 2.04. The first-order chi connectivity index (χ1) is 10.1. The maximum atomic E-state index is 12.5. The molecule has 0 aromatic heterocycles. The van der Waals surface area contributed by atoms with Crippen LogP contribution in [0.3, 0.4) is 0 Å². The molecule has 1 saturated heterocycles. The molecule has 1 aliphatic carbocycles. The van der Waals surface area contributed by atoms with Gasteiger partial charge in [-0.2, -0.15) is 0 Å². The second-order valence-electron chi connectivity index (χ2n) is 6.29. The first-order valence-corrected chi connectivity index (χ1v) is 8.38. The highest BCUT2D eigenvalue weighted by Gasteiger charge is 2.48. The third-order valence-corrected chi connectivity index (χ3v) is 4.76. The third kappa shape index (κ3) is 3.76. The summed E-state index contributed by atoms with van der Waals surface area (Å²) in [5.41, 5.74) is -0.477. The average Bonchev–Trinajstić information content (AvgIpc) is 2.91. The van der Waals surface area contributed by atoms with Crippen molar-refractivity contribution in [2.24, 2.45) is 0 Å². The fraction of sp³-hybridized carbons (Fsp3) is 0.938. The minimum absolute atomic E-state index is 0.0677. The molecule has 0 bridgehead atoms. The Morgan fingerprint density at radius 1 is 1.48 bits per heavy atom. The van der Waals surface area contributed by atoms with Gasteiger partial charge in [-0.25, -0.2) is 0 Å². The van der Waals surface area contributed by atoms with Gasteiger partial charge in [-0.3, -0.25) is 9.69 Å². The number of rotatable bonds is 6. The highest BCUT2D eigenvalue weighted by Crippen LogP contribution is 2.35. The minimum Gasteiger partial charge on any atom is -0.465 e. The van der Waals surface area contributed by atoms with Gasteiger partial charge >= 0.3 is 5.97 Å². The van der Waals surface area contributed by atoms with Gasteiger partial charge in [-0.15, -0.1) is 0 Å². The summed E-state index contributed by atoms with van der Waals surface area (Å²) >= 11 is 0. The van der Waals surface area contributed by atoms with Gasteiger partial charge in [0.2, 0.25) is 0 Å². The van der Waals surface area contributed by atoms with Crippen molar-refractivity contribution in [2.75, 3.05) is 32.9 Å². The van der Waals surface area contributed by atoms with Crippen LogP contribution in [0.4, 0.5) is 0 Å². The van der Waals surface area contributed by atoms with Crippen molar-refractivity contribution in [3.8, 4) is 0 Å². The second kappa shape index (κ2) is 7.56. The number of hydrogen-bond acceptors (Lipinski definition) is 5. The van der Waals surface area contributed by atoms with Crippen molar-refractivity contribution in [1.82, 2.24) is 10.2 Å². The summed E-state index contributed by atoms with van der Waals surface area (Å²) in [6.45, 7) is 10.1. The lowest BCUT2D eigenvalue weighted by Crippen LogP contribution is -2.54. The summed E-state index contributed by atoms with van der Waals surface area (Å²) in [5.74, 6) is -0.0677. The van der Waals surface area contributed by atoms with E-state index in [2.05, 4.69) is 24.1 Å². The topological polar surface area (TPSA) is 50.8 Å². The van der Waals surface area contributed by atoms with Crippen LogP contribution in [-0.2, 0) is 14.3 Å². The van der Waals surface area contributed by atoms with Crippen LogP contribution in [0.1, 0.15) is 46.5 Å². The Morgan fingerprint density at radius 2 is 2.29 bits per heavy atom. The van der Waals surface area contributed by atoms with Crippen LogP contribution in [0, 0.1) is 0 Å². The number of esters is 1. The number of morpholine rings is 1. The van der Waals surface area contributed by atoms with Crippen molar-refractivity contribution in [3.63, 3.8) is 0 Å². The van der Waals surface area contributed by atoms with Crippen LogP contribution >= 0.6 is 0 Å². The van der Waals surface area contributed by atoms with E-state index in [9.17, 15) is 4.79 Å². The van der Waals surface area contributed by atoms with Gasteiger partial charge in [-0.05, 0) is 46.1 Å². The molecule has 1 aliphatic heterocycles. The van der Waals surface area contributed by atoms with Crippen molar-refractivity contribution >= 4 is 5.97 Å². The molecule has 0 aromatic carbocycles. The number of hydrogen-bond donors (Lipinski definition) is 1. The van der Waals surface area contributed by atoms with Crippen LogP contribution in [0.15, 0.2) is 0 Å². The van der Waals surface area contributed by atoms with Gasteiger partial charge in [0.15, 0.2) is 0 Å². The lowest BCUT2D eigenvalue weighted by molar-refractivity contribution is -0.151. The van der Waals surface area contributed by atoms with Crippen molar-refractivity contribution < 1.29 is 14.3 Å². The first-order valence-electron chi connectivity index (χ1n) is 8.38. The molecule has 1 saturated carbocycles. The smallest absolute Gasteiger partial charge is 0.326 e. The van der Waals surface area contributed by atoms with E-state index in [1.165, 1.54) is 0 Å². The quantitative estimate of drug-likeness (QED) is 0.754. The summed E-state index contributed by atoms with van der Waals surface area (Å²) in [5, 5.41) is 3.48. The molecule has 2 fully saturated rings. The standard InChI is InChI=1S/C16H30N2O3/c1-4-8-17-16(15(19)21-5-2)7-6-14(11-16)18-9-10-20-12-13(18)3/h13-14,17H,4-12H2,1-3H3. The Bertz CT molecular complexity index is 350. The van der Waals surface area contributed by atoms with Crippen LogP contribution < -0.4 is 5.32 Å². The molecule has 1 N–H and O–H groups in total. The molecule has 3 unspecified atom stereocenters. The molecule has 21 heavy (non-hydrogen) atoms. The molecule has 0 amide bonds. The van der Waals surface area contributed by atoms with Crippen LogP contribution in [0.2, 0.25) is 0 Å². The van der Waals surface area contributed by atoms with E-state index in [0.717, 1.165) is 52.0 Å². The predicted octanol–water partition coefficient (Wildman–Crippen LogP) is 1.56. The zero-order chi connectivity index (χ0) is 15.3. The van der Waals surface area contributed by atoms with Gasteiger partial charge < -0.3 is 14.8 Å². The Hall–Kier alpha value is -0.650. The molecule has 5 heteroatoms. The second-order valence-corrected chi connectivity index (χ2v) is 6.29. The van der Waals surface area contributed by atoms with Gasteiger partial charge in [-0.1, -0.05) is 6.92 Å². The van der Waals surface area contributed by atoms with E-state index in [1.807, 2.05) is 6.92 Å². The van der Waals surface area contributed by atoms with E-state index in [0.29, 0.717) is 18.7 Å². The highest BCUT2D eigenvalue weighted by molar-refractivity contribution is 5.81. The molecule has 2 aliphatic rings. The maximum Gasteiger partial charge on any atom is 0.326 e. The van der Waals surface area contributed by atoms with E-state index in [4.69, 9.17) is 9.47 Å². The maximum absolute atomic E-state index is 12.5. The number of nitrogens with zero attached hydrogens (tertiary/aromatic N) is 1. The van der Waals surface area contributed by atoms with Crippen LogP contribution in [-0.4, -0.2) is 61.4 Å². The normalized spacial score (nSPS) is 34.0. The Morgan fingerprint density at radius 3 is 2.95 bits per heavy atom. The van der Waals surface area contributed by atoms with Gasteiger partial charge in [0.25, 0.3) is 0 Å². The molecular formula is C16H30N2O3. The molecule has 122 valence electrons. The van der Waals surface area contributed by atoms with Crippen molar-refractivity contribution in [2.45, 2.75) is 64.1 Å². The number of carbonyl (C=O) groups is 1. The monoisotopic (exact) mass is 298 g/mol. The minimum atomic E-state index is -0.477. The van der Waals surface area contributed by atoms with Crippen LogP contribution in [0.25, 0.3) is 0 Å². The molecule has 0 aromatic rings. The van der Waals surface area contributed by atoms with Gasteiger partial charge in [0.1, 0.15) is 5.54 Å². The summed E-state index contributed by atoms with van der Waals surface area (Å²) in [4.78, 5) is 15.0. The molecular weight excluding hydrogens is 268 g/mol. The van der Waals surface area contributed by atoms with Gasteiger partial charge in [0, 0.05) is 18.6 Å². The summed E-state index contributed by atoms with van der Waals surface area (Å²) in [6.07, 6.45) is 3.82. The van der Waals surface area contributed by atoms with E-state index in [1.54, 1.807) is 0 Å². The van der Waals surface area contributed by atoms with Crippen molar-refractivity contribution in [3.05, 3.63) is 0 Å². The van der Waals surface area contributed by atoms with Gasteiger partial charge in [0.05, 0.1) is 19.8 Å². The molecule has 5 nitrogen and oxygen atoms in total. The largest absolute Gasteiger partial charge is 0.465 e. The number of ether oxygens (including phenoxy) is 2. The molecule has 2 rings (SSSR count). The number of nitrogens with one attached hydrogen (secondary N) is 1. The zero-order valence-electron chi connectivity index (χ0n) is 13.7. The SMILES string of the molecule is CCCNC1(C(=O)OCC)CCC(N2CCOCC2C)C1. The molecule has 1 heterocycles. The Kier molecular flexibility index (Phi) is 6.02. The van der Waals surface area contributed by atoms with E-state index in [-0.39, 0.29) is 5.97 Å².